The first-order valence-corrected chi connectivity index (χ1v) is 14.6. The van der Waals surface area contributed by atoms with Crippen LogP contribution in [0.25, 0.3) is 0 Å². The second-order valence-corrected chi connectivity index (χ2v) is 12.6. The third-order valence-corrected chi connectivity index (χ3v) is 11.2. The summed E-state index contributed by atoms with van der Waals surface area (Å²) in [6, 6.07) is 16.6. The average molecular weight is 501 g/mol. The van der Waals surface area contributed by atoms with E-state index in [0.29, 0.717) is 23.6 Å². The first-order chi connectivity index (χ1) is 18.0. The number of hydrogen-bond acceptors (Lipinski definition) is 4. The summed E-state index contributed by atoms with van der Waals surface area (Å²) in [5, 5.41) is 21.6. The molecule has 5 heteroatoms. The molecule has 7 rings (SSSR count). The summed E-state index contributed by atoms with van der Waals surface area (Å²) in [6.45, 7) is 4.81. The molecule has 4 fully saturated rings. The van der Waals surface area contributed by atoms with Gasteiger partial charge in [-0.15, -0.1) is 0 Å². The fourth-order valence-corrected chi connectivity index (χ4v) is 10.1. The van der Waals surface area contributed by atoms with E-state index in [2.05, 4.69) is 28.9 Å². The largest absolute Gasteiger partial charge is 0.508 e. The van der Waals surface area contributed by atoms with Gasteiger partial charge in [0.15, 0.2) is 0 Å². The van der Waals surface area contributed by atoms with Gasteiger partial charge in [0.25, 0.3) is 5.91 Å². The number of carbonyl (C=O) groups is 1. The van der Waals surface area contributed by atoms with E-state index < -0.39 is 0 Å². The highest BCUT2D eigenvalue weighted by Crippen LogP contribution is 2.75. The number of β-amino-alcohol motifs (C(OH)–C–C–N with tert-alkyl or cyclic N) is 1. The molecule has 5 unspecified atom stereocenters. The number of unbranched alkanes of at least 4 members (excludes halogenated alkanes) is 1. The number of phenolic OH excluding ortho intramolecular Hbond substituents is 1. The Morgan fingerprint density at radius 1 is 1.16 bits per heavy atom. The molecule has 7 atom stereocenters. The van der Waals surface area contributed by atoms with Crippen molar-refractivity contribution in [2.24, 2.45) is 17.3 Å². The van der Waals surface area contributed by atoms with Gasteiger partial charge in [-0.25, -0.2) is 0 Å². The van der Waals surface area contributed by atoms with Crippen LogP contribution in [0, 0.1) is 17.3 Å². The number of phenols is 1. The van der Waals surface area contributed by atoms with Crippen LogP contribution in [0.15, 0.2) is 48.5 Å². The molecular weight excluding hydrogens is 460 g/mol. The molecule has 2 aliphatic heterocycles. The van der Waals surface area contributed by atoms with Gasteiger partial charge < -0.3 is 15.1 Å². The number of fused-ring (bicyclic) bond motifs is 1. The lowest BCUT2D eigenvalue weighted by atomic mass is 9.43. The smallest absolute Gasteiger partial charge is 0.254 e. The summed E-state index contributed by atoms with van der Waals surface area (Å²) < 4.78 is 0. The highest BCUT2D eigenvalue weighted by atomic mass is 16.3. The molecule has 5 aliphatic rings. The Hall–Kier alpha value is -2.37. The molecule has 2 aromatic carbocycles. The van der Waals surface area contributed by atoms with Crippen molar-refractivity contribution in [1.82, 2.24) is 9.80 Å². The zero-order chi connectivity index (χ0) is 25.4. The normalized spacial score (nSPS) is 36.2. The lowest BCUT2D eigenvalue weighted by molar-refractivity contribution is -0.109. The van der Waals surface area contributed by atoms with Gasteiger partial charge in [0.05, 0.1) is 6.10 Å². The van der Waals surface area contributed by atoms with E-state index in [4.69, 9.17) is 0 Å². The van der Waals surface area contributed by atoms with Crippen LogP contribution >= 0.6 is 0 Å². The molecule has 37 heavy (non-hydrogen) atoms. The van der Waals surface area contributed by atoms with Crippen LogP contribution in [0.5, 0.6) is 5.75 Å². The average Bonchev–Trinajstić information content (AvgIpc) is 3.36. The lowest BCUT2D eigenvalue weighted by Crippen LogP contribution is -2.70. The summed E-state index contributed by atoms with van der Waals surface area (Å²) in [4.78, 5) is 18.6. The molecule has 196 valence electrons. The third kappa shape index (κ3) is 3.19. The monoisotopic (exact) mass is 500 g/mol. The van der Waals surface area contributed by atoms with Crippen molar-refractivity contribution in [3.05, 3.63) is 65.2 Å². The highest BCUT2D eigenvalue weighted by Gasteiger charge is 2.76. The Bertz CT molecular complexity index is 1200. The van der Waals surface area contributed by atoms with Crippen LogP contribution in [-0.4, -0.2) is 63.7 Å². The summed E-state index contributed by atoms with van der Waals surface area (Å²) in [7, 11) is 0. The van der Waals surface area contributed by atoms with Crippen molar-refractivity contribution in [2.75, 3.05) is 19.6 Å². The summed E-state index contributed by atoms with van der Waals surface area (Å²) >= 11 is 0. The molecule has 2 N–H and O–H groups in total. The number of hydrogen-bond donors (Lipinski definition) is 2. The van der Waals surface area contributed by atoms with Gasteiger partial charge >= 0.3 is 0 Å². The number of carbonyl (C=O) groups excluding carboxylic acids is 1. The molecule has 2 saturated heterocycles. The van der Waals surface area contributed by atoms with Crippen LogP contribution in [-0.2, 0) is 11.8 Å². The topological polar surface area (TPSA) is 64.0 Å². The Labute approximate surface area is 220 Å². The second kappa shape index (κ2) is 8.57. The second-order valence-electron chi connectivity index (χ2n) is 12.6. The predicted molar refractivity (Wildman–Crippen MR) is 144 cm³/mol. The van der Waals surface area contributed by atoms with Crippen molar-refractivity contribution in [3.8, 4) is 5.75 Å². The Morgan fingerprint density at radius 2 is 2.00 bits per heavy atom. The zero-order valence-electron chi connectivity index (χ0n) is 22.0. The summed E-state index contributed by atoms with van der Waals surface area (Å²) in [5.41, 5.74) is 3.73. The number of nitrogens with zero attached hydrogens (tertiary/aromatic N) is 2. The predicted octanol–water partition coefficient (Wildman–Crippen LogP) is 4.75. The fourth-order valence-electron chi connectivity index (χ4n) is 10.1. The molecule has 2 aromatic rings. The first-order valence-electron chi connectivity index (χ1n) is 14.6. The first kappa shape index (κ1) is 23.7. The van der Waals surface area contributed by atoms with Crippen molar-refractivity contribution in [1.29, 1.82) is 0 Å². The van der Waals surface area contributed by atoms with Crippen LogP contribution < -0.4 is 0 Å². The number of likely N-dealkylation sites (tertiary alicyclic amines) is 2. The maximum Gasteiger partial charge on any atom is 0.254 e. The number of benzene rings is 2. The van der Waals surface area contributed by atoms with E-state index in [-0.39, 0.29) is 28.9 Å². The minimum atomic E-state index is -0.263. The zero-order valence-corrected chi connectivity index (χ0v) is 22.0. The van der Waals surface area contributed by atoms with Gasteiger partial charge in [0.1, 0.15) is 5.75 Å². The maximum absolute atomic E-state index is 13.7. The molecule has 2 heterocycles. The minimum Gasteiger partial charge on any atom is -0.508 e. The lowest BCUT2D eigenvalue weighted by Gasteiger charge is -2.66. The Morgan fingerprint density at radius 3 is 2.81 bits per heavy atom. The molecular formula is C32H40N2O3. The molecule has 0 spiro atoms. The molecule has 5 nitrogen and oxygen atoms in total. The fraction of sp³-hybridized carbons (Fsp3) is 0.594. The van der Waals surface area contributed by atoms with Gasteiger partial charge in [-0.05, 0) is 97.7 Å². The highest BCUT2D eigenvalue weighted by molar-refractivity contribution is 5.94. The van der Waals surface area contributed by atoms with Gasteiger partial charge in [0, 0.05) is 36.2 Å². The van der Waals surface area contributed by atoms with Crippen LogP contribution in [0.2, 0.25) is 0 Å². The summed E-state index contributed by atoms with van der Waals surface area (Å²) in [5.74, 6) is 1.50. The number of aromatic hydroxyl groups is 1. The van der Waals surface area contributed by atoms with E-state index >= 15 is 0 Å². The molecule has 0 radical (unpaired) electrons. The third-order valence-electron chi connectivity index (χ3n) is 11.2. The standard InChI is InChI=1S/C32H40N2O3/c1-2-3-9-25(36)20-33-15-14-32-26-17-24(35)11-10-22(26)16-28(33)31(32)13-12-27-29(32)23(18-31)19-34(27)30(37)21-7-5-4-6-8-21/h4-8,10-11,17,23,25,27-29,35-36H,2-3,9,12-16,18-20H2,1H3/t23-,25+,27?,28?,29?,31?,32?/m1/s1. The van der Waals surface area contributed by atoms with Gasteiger partial charge in [-0.1, -0.05) is 44.0 Å². The molecule has 4 bridgehead atoms. The van der Waals surface area contributed by atoms with E-state index in [1.807, 2.05) is 36.4 Å². The molecule has 3 aliphatic carbocycles. The number of piperidine rings is 1. The molecule has 2 saturated carbocycles. The van der Waals surface area contributed by atoms with Gasteiger partial charge in [-0.3, -0.25) is 9.69 Å². The van der Waals surface area contributed by atoms with Crippen LogP contribution in [0.1, 0.15) is 73.4 Å². The van der Waals surface area contributed by atoms with Crippen molar-refractivity contribution in [3.63, 3.8) is 0 Å². The maximum atomic E-state index is 13.7. The Kier molecular flexibility index (Phi) is 5.50. The van der Waals surface area contributed by atoms with E-state index in [9.17, 15) is 15.0 Å². The van der Waals surface area contributed by atoms with Crippen LogP contribution in [0.4, 0.5) is 0 Å². The van der Waals surface area contributed by atoms with Crippen LogP contribution in [0.3, 0.4) is 0 Å². The van der Waals surface area contributed by atoms with Gasteiger partial charge in [0.2, 0.25) is 0 Å². The number of rotatable bonds is 6. The molecule has 1 amide bonds. The SMILES string of the molecule is CCCC[C@H](O)CN1CCC23c4cc(O)ccc4CC1C21CCC2C3[C@@H](CN2C(=O)c2ccccc2)C1. The van der Waals surface area contributed by atoms with E-state index in [0.717, 1.165) is 76.6 Å². The number of amides is 1. The summed E-state index contributed by atoms with van der Waals surface area (Å²) in [6.07, 6.45) is 8.24. The number of aliphatic hydroxyl groups is 1. The van der Waals surface area contributed by atoms with E-state index in [1.165, 1.54) is 11.1 Å². The number of aliphatic hydroxyl groups excluding tert-OH is 1. The van der Waals surface area contributed by atoms with Gasteiger partial charge in [-0.2, -0.15) is 0 Å². The quantitative estimate of drug-likeness (QED) is 0.601. The Balaban J connectivity index is 1.29. The van der Waals surface area contributed by atoms with Crippen molar-refractivity contribution in [2.45, 2.75) is 81.9 Å². The van der Waals surface area contributed by atoms with E-state index in [1.54, 1.807) is 0 Å². The van der Waals surface area contributed by atoms with Crippen molar-refractivity contribution < 1.29 is 15.0 Å². The molecule has 0 aromatic heterocycles. The minimum absolute atomic E-state index is 0.00810. The van der Waals surface area contributed by atoms with Crippen molar-refractivity contribution >= 4 is 5.91 Å².